The number of rotatable bonds is 4. The van der Waals surface area contributed by atoms with Crippen LogP contribution in [-0.2, 0) is 0 Å². The first-order valence-corrected chi connectivity index (χ1v) is 6.43. The standard InChI is InChI=1S/C13H26N2/c1-12(2)8-11(12)9-15-10-13(3)4-6-14-7-5-13/h11,14-15H,4-10H2,1-3H3. The Morgan fingerprint density at radius 3 is 2.33 bits per heavy atom. The van der Waals surface area contributed by atoms with Gasteiger partial charge in [-0.3, -0.25) is 0 Å². The Bertz CT molecular complexity index is 217. The number of hydrogen-bond acceptors (Lipinski definition) is 2. The molecule has 1 saturated heterocycles. The van der Waals surface area contributed by atoms with Crippen LogP contribution in [-0.4, -0.2) is 26.2 Å². The van der Waals surface area contributed by atoms with Crippen LogP contribution in [0.5, 0.6) is 0 Å². The molecule has 2 heteroatoms. The van der Waals surface area contributed by atoms with Crippen molar-refractivity contribution in [3.8, 4) is 0 Å². The quantitative estimate of drug-likeness (QED) is 0.742. The summed E-state index contributed by atoms with van der Waals surface area (Å²) in [6.07, 6.45) is 4.07. The molecule has 1 saturated carbocycles. The van der Waals surface area contributed by atoms with E-state index in [1.165, 1.54) is 45.4 Å². The maximum Gasteiger partial charge on any atom is 0.000623 e. The Kier molecular flexibility index (Phi) is 3.09. The molecular formula is C13H26N2. The van der Waals surface area contributed by atoms with E-state index in [0.717, 1.165) is 5.92 Å². The highest BCUT2D eigenvalue weighted by molar-refractivity contribution is 4.96. The lowest BCUT2D eigenvalue weighted by Crippen LogP contribution is -2.41. The van der Waals surface area contributed by atoms with Gasteiger partial charge in [0, 0.05) is 6.54 Å². The Labute approximate surface area is 94.2 Å². The summed E-state index contributed by atoms with van der Waals surface area (Å²) in [5, 5.41) is 7.12. The Morgan fingerprint density at radius 2 is 1.80 bits per heavy atom. The van der Waals surface area contributed by atoms with Crippen LogP contribution in [0.2, 0.25) is 0 Å². The van der Waals surface area contributed by atoms with Crippen LogP contribution in [0.4, 0.5) is 0 Å². The van der Waals surface area contributed by atoms with Gasteiger partial charge in [0.25, 0.3) is 0 Å². The molecule has 1 unspecified atom stereocenters. The zero-order chi connectivity index (χ0) is 10.9. The summed E-state index contributed by atoms with van der Waals surface area (Å²) in [5.41, 5.74) is 1.17. The van der Waals surface area contributed by atoms with Crippen molar-refractivity contribution in [2.45, 2.75) is 40.0 Å². The lowest BCUT2D eigenvalue weighted by atomic mass is 9.81. The van der Waals surface area contributed by atoms with E-state index >= 15 is 0 Å². The molecular weight excluding hydrogens is 184 g/mol. The highest BCUT2D eigenvalue weighted by Gasteiger charge is 2.44. The number of piperidine rings is 1. The molecule has 88 valence electrons. The number of nitrogens with one attached hydrogen (secondary N) is 2. The van der Waals surface area contributed by atoms with E-state index in [9.17, 15) is 0 Å². The summed E-state index contributed by atoms with van der Waals surface area (Å²) in [6, 6.07) is 0. The van der Waals surface area contributed by atoms with Crippen LogP contribution in [0.15, 0.2) is 0 Å². The molecule has 1 aliphatic carbocycles. The second kappa shape index (κ2) is 4.06. The number of hydrogen-bond donors (Lipinski definition) is 2. The topological polar surface area (TPSA) is 24.1 Å². The van der Waals surface area contributed by atoms with Crippen LogP contribution in [0.1, 0.15) is 40.0 Å². The lowest BCUT2D eigenvalue weighted by molar-refractivity contribution is 0.219. The van der Waals surface area contributed by atoms with E-state index in [-0.39, 0.29) is 0 Å². The van der Waals surface area contributed by atoms with Gasteiger partial charge in [-0.1, -0.05) is 20.8 Å². The summed E-state index contributed by atoms with van der Waals surface area (Å²) in [4.78, 5) is 0. The lowest BCUT2D eigenvalue weighted by Gasteiger charge is -2.34. The highest BCUT2D eigenvalue weighted by Crippen LogP contribution is 2.51. The summed E-state index contributed by atoms with van der Waals surface area (Å²) in [7, 11) is 0. The molecule has 0 radical (unpaired) electrons. The first-order valence-electron chi connectivity index (χ1n) is 6.43. The molecule has 1 atom stereocenters. The molecule has 0 bridgehead atoms. The summed E-state index contributed by atoms with van der Waals surface area (Å²) < 4.78 is 0. The first kappa shape index (κ1) is 11.4. The maximum absolute atomic E-state index is 3.69. The smallest absolute Gasteiger partial charge is 0.000623 e. The molecule has 0 spiro atoms. The van der Waals surface area contributed by atoms with Crippen molar-refractivity contribution in [2.75, 3.05) is 26.2 Å². The molecule has 2 N–H and O–H groups in total. The predicted octanol–water partition coefficient (Wildman–Crippen LogP) is 2.01. The van der Waals surface area contributed by atoms with Crippen LogP contribution >= 0.6 is 0 Å². The third-order valence-corrected chi connectivity index (χ3v) is 4.47. The minimum absolute atomic E-state index is 0.546. The van der Waals surface area contributed by atoms with Gasteiger partial charge in [0.1, 0.15) is 0 Å². The fourth-order valence-corrected chi connectivity index (χ4v) is 2.68. The zero-order valence-corrected chi connectivity index (χ0v) is 10.5. The molecule has 0 aromatic carbocycles. The van der Waals surface area contributed by atoms with Crippen molar-refractivity contribution in [1.82, 2.24) is 10.6 Å². The van der Waals surface area contributed by atoms with Gasteiger partial charge in [0.05, 0.1) is 0 Å². The molecule has 1 heterocycles. The average Bonchev–Trinajstić information content (AvgIpc) is 2.75. The fraction of sp³-hybridized carbons (Fsp3) is 1.00. The molecule has 2 aliphatic rings. The van der Waals surface area contributed by atoms with Gasteiger partial charge in [-0.05, 0) is 55.6 Å². The van der Waals surface area contributed by atoms with Gasteiger partial charge in [-0.25, -0.2) is 0 Å². The van der Waals surface area contributed by atoms with Crippen LogP contribution in [0.25, 0.3) is 0 Å². The second-order valence-electron chi connectivity index (χ2n) is 6.58. The van der Waals surface area contributed by atoms with E-state index in [1.54, 1.807) is 0 Å². The van der Waals surface area contributed by atoms with Crippen LogP contribution in [0.3, 0.4) is 0 Å². The van der Waals surface area contributed by atoms with Gasteiger partial charge in [0.15, 0.2) is 0 Å². The second-order valence-corrected chi connectivity index (χ2v) is 6.58. The summed E-state index contributed by atoms with van der Waals surface area (Å²) in [5.74, 6) is 0.933. The average molecular weight is 210 g/mol. The molecule has 0 amide bonds. The van der Waals surface area contributed by atoms with E-state index in [1.807, 2.05) is 0 Å². The van der Waals surface area contributed by atoms with Crippen molar-refractivity contribution in [3.63, 3.8) is 0 Å². The van der Waals surface area contributed by atoms with Gasteiger partial charge in [-0.2, -0.15) is 0 Å². The van der Waals surface area contributed by atoms with Gasteiger partial charge in [0.2, 0.25) is 0 Å². The Hall–Kier alpha value is -0.0800. The van der Waals surface area contributed by atoms with Crippen molar-refractivity contribution >= 4 is 0 Å². The van der Waals surface area contributed by atoms with E-state index in [0.29, 0.717) is 10.8 Å². The van der Waals surface area contributed by atoms with Crippen molar-refractivity contribution in [1.29, 1.82) is 0 Å². The van der Waals surface area contributed by atoms with Gasteiger partial charge >= 0.3 is 0 Å². The molecule has 0 aromatic rings. The van der Waals surface area contributed by atoms with E-state index in [2.05, 4.69) is 31.4 Å². The third kappa shape index (κ3) is 2.94. The first-order chi connectivity index (χ1) is 7.02. The molecule has 2 rings (SSSR count). The normalized spacial score (nSPS) is 32.6. The molecule has 2 nitrogen and oxygen atoms in total. The molecule has 2 fully saturated rings. The minimum Gasteiger partial charge on any atom is -0.317 e. The molecule has 15 heavy (non-hydrogen) atoms. The third-order valence-electron chi connectivity index (χ3n) is 4.47. The fourth-order valence-electron chi connectivity index (χ4n) is 2.68. The van der Waals surface area contributed by atoms with E-state index in [4.69, 9.17) is 0 Å². The highest BCUT2D eigenvalue weighted by atomic mass is 14.9. The van der Waals surface area contributed by atoms with Crippen LogP contribution in [0, 0.1) is 16.7 Å². The summed E-state index contributed by atoms with van der Waals surface area (Å²) in [6.45, 7) is 12.0. The van der Waals surface area contributed by atoms with Crippen molar-refractivity contribution in [3.05, 3.63) is 0 Å². The van der Waals surface area contributed by atoms with E-state index < -0.39 is 0 Å². The van der Waals surface area contributed by atoms with Crippen molar-refractivity contribution in [2.24, 2.45) is 16.7 Å². The van der Waals surface area contributed by atoms with Gasteiger partial charge < -0.3 is 10.6 Å². The van der Waals surface area contributed by atoms with Crippen molar-refractivity contribution < 1.29 is 0 Å². The summed E-state index contributed by atoms with van der Waals surface area (Å²) >= 11 is 0. The molecule has 0 aromatic heterocycles. The Balaban J connectivity index is 1.65. The largest absolute Gasteiger partial charge is 0.317 e. The minimum atomic E-state index is 0.546. The predicted molar refractivity (Wildman–Crippen MR) is 65.0 cm³/mol. The monoisotopic (exact) mass is 210 g/mol. The zero-order valence-electron chi connectivity index (χ0n) is 10.5. The SMILES string of the molecule is CC1(CNCC2CC2(C)C)CCNCC1. The maximum atomic E-state index is 3.69. The van der Waals surface area contributed by atoms with Crippen LogP contribution < -0.4 is 10.6 Å². The Morgan fingerprint density at radius 1 is 1.20 bits per heavy atom. The molecule has 1 aliphatic heterocycles. The van der Waals surface area contributed by atoms with Gasteiger partial charge in [-0.15, -0.1) is 0 Å².